The van der Waals surface area contributed by atoms with Crippen molar-refractivity contribution in [2.75, 3.05) is 0 Å². The standard InChI is InChI=1S/C25H14ClF3N4OS/c26-20-18(25(27,28)29)10-5-11-19(20)32-12-13-33-22(23(32)34)30-31-24(33)35-21-16-8-3-1-6-14(16)15-7-2-4-9-17(15)21/h1-13,21H. The molecule has 10 heteroatoms. The Balaban J connectivity index is 1.43. The minimum absolute atomic E-state index is 0.0111. The lowest BCUT2D eigenvalue weighted by atomic mass is 10.1. The topological polar surface area (TPSA) is 52.2 Å². The molecule has 0 aliphatic heterocycles. The molecule has 0 bridgehead atoms. The molecule has 3 aromatic carbocycles. The van der Waals surface area contributed by atoms with Crippen LogP contribution in [0.3, 0.4) is 0 Å². The van der Waals surface area contributed by atoms with Gasteiger partial charge in [-0.2, -0.15) is 13.2 Å². The normalized spacial score (nSPS) is 13.3. The number of alkyl halides is 3. The van der Waals surface area contributed by atoms with Crippen LogP contribution in [0.1, 0.15) is 21.9 Å². The van der Waals surface area contributed by atoms with Crippen molar-refractivity contribution in [1.29, 1.82) is 0 Å². The predicted molar refractivity (Wildman–Crippen MR) is 128 cm³/mol. The van der Waals surface area contributed by atoms with Gasteiger partial charge in [0.25, 0.3) is 0 Å². The molecule has 0 saturated heterocycles. The monoisotopic (exact) mass is 510 g/mol. The molecule has 1 aliphatic carbocycles. The number of hydrogen-bond acceptors (Lipinski definition) is 4. The largest absolute Gasteiger partial charge is 0.417 e. The maximum absolute atomic E-state index is 13.3. The van der Waals surface area contributed by atoms with Gasteiger partial charge in [0.2, 0.25) is 5.65 Å². The van der Waals surface area contributed by atoms with Gasteiger partial charge in [-0.05, 0) is 34.4 Å². The first-order valence-electron chi connectivity index (χ1n) is 10.5. The molecule has 6 rings (SSSR count). The molecule has 0 N–H and O–H groups in total. The van der Waals surface area contributed by atoms with E-state index >= 15 is 0 Å². The number of hydrogen-bond donors (Lipinski definition) is 0. The SMILES string of the molecule is O=c1c2nnc(SC3c4ccccc4-c4ccccc43)n2ccn1-c1cccc(C(F)(F)F)c1Cl. The highest BCUT2D eigenvalue weighted by molar-refractivity contribution is 7.99. The average molecular weight is 511 g/mol. The van der Waals surface area contributed by atoms with Crippen LogP contribution in [0.5, 0.6) is 0 Å². The van der Waals surface area contributed by atoms with E-state index in [0.29, 0.717) is 5.16 Å². The molecule has 0 spiro atoms. The summed E-state index contributed by atoms with van der Waals surface area (Å²) >= 11 is 7.50. The van der Waals surface area contributed by atoms with E-state index in [4.69, 9.17) is 11.6 Å². The third-order valence-electron chi connectivity index (χ3n) is 5.98. The Hall–Kier alpha value is -3.56. The van der Waals surface area contributed by atoms with Gasteiger partial charge in [-0.15, -0.1) is 10.2 Å². The van der Waals surface area contributed by atoms with Gasteiger partial charge in [-0.3, -0.25) is 13.8 Å². The Morgan fingerprint density at radius 1 is 0.857 bits per heavy atom. The van der Waals surface area contributed by atoms with Gasteiger partial charge >= 0.3 is 11.7 Å². The zero-order valence-electron chi connectivity index (χ0n) is 17.7. The smallest absolute Gasteiger partial charge is 0.278 e. The maximum atomic E-state index is 13.3. The van der Waals surface area contributed by atoms with E-state index in [9.17, 15) is 18.0 Å². The molecular formula is C25H14ClF3N4OS. The molecule has 0 saturated carbocycles. The zero-order valence-corrected chi connectivity index (χ0v) is 19.3. The first-order valence-corrected chi connectivity index (χ1v) is 11.8. The molecule has 0 amide bonds. The Kier molecular flexibility index (Phi) is 5.01. The number of nitrogens with zero attached hydrogens (tertiary/aromatic N) is 4. The minimum Gasteiger partial charge on any atom is -0.278 e. The molecule has 35 heavy (non-hydrogen) atoms. The minimum atomic E-state index is -4.65. The molecule has 0 radical (unpaired) electrons. The van der Waals surface area contributed by atoms with Crippen molar-refractivity contribution in [2.24, 2.45) is 0 Å². The van der Waals surface area contributed by atoms with Crippen molar-refractivity contribution in [3.63, 3.8) is 0 Å². The van der Waals surface area contributed by atoms with E-state index in [0.717, 1.165) is 32.9 Å². The van der Waals surface area contributed by atoms with Crippen LogP contribution in [0.25, 0.3) is 22.5 Å². The molecule has 5 nitrogen and oxygen atoms in total. The van der Waals surface area contributed by atoms with Crippen molar-refractivity contribution < 1.29 is 13.2 Å². The van der Waals surface area contributed by atoms with Gasteiger partial charge in [0.1, 0.15) is 0 Å². The van der Waals surface area contributed by atoms with Gasteiger partial charge < -0.3 is 0 Å². The number of benzene rings is 3. The number of fused-ring (bicyclic) bond motifs is 4. The highest BCUT2D eigenvalue weighted by atomic mass is 35.5. The molecular weight excluding hydrogens is 497 g/mol. The van der Waals surface area contributed by atoms with E-state index < -0.39 is 22.3 Å². The number of aromatic nitrogens is 4. The summed E-state index contributed by atoms with van der Waals surface area (Å²) in [5.41, 5.74) is 2.85. The molecule has 0 fully saturated rings. The van der Waals surface area contributed by atoms with Crippen molar-refractivity contribution in [2.45, 2.75) is 16.6 Å². The molecule has 2 heterocycles. The fourth-order valence-corrected chi connectivity index (χ4v) is 5.95. The lowest BCUT2D eigenvalue weighted by molar-refractivity contribution is -0.137. The van der Waals surface area contributed by atoms with Gasteiger partial charge in [-0.1, -0.05) is 78.0 Å². The van der Waals surface area contributed by atoms with E-state index in [2.05, 4.69) is 34.5 Å². The second-order valence-electron chi connectivity index (χ2n) is 7.96. The number of rotatable bonds is 3. The second kappa shape index (κ2) is 8.00. The average Bonchev–Trinajstić information content (AvgIpc) is 3.40. The van der Waals surface area contributed by atoms with Crippen LogP contribution in [0, 0.1) is 0 Å². The molecule has 0 atom stereocenters. The molecule has 5 aromatic rings. The maximum Gasteiger partial charge on any atom is 0.417 e. The fraction of sp³-hybridized carbons (Fsp3) is 0.0800. The quantitative estimate of drug-likeness (QED) is 0.281. The highest BCUT2D eigenvalue weighted by Crippen LogP contribution is 2.51. The summed E-state index contributed by atoms with van der Waals surface area (Å²) in [5, 5.41) is 8.18. The Bertz CT molecular complexity index is 1630. The summed E-state index contributed by atoms with van der Waals surface area (Å²) in [6.45, 7) is 0. The Morgan fingerprint density at radius 3 is 2.17 bits per heavy atom. The van der Waals surface area contributed by atoms with Crippen LogP contribution in [0.2, 0.25) is 5.02 Å². The van der Waals surface area contributed by atoms with Crippen molar-refractivity contribution in [1.82, 2.24) is 19.2 Å². The van der Waals surface area contributed by atoms with Crippen LogP contribution < -0.4 is 5.56 Å². The third kappa shape index (κ3) is 3.45. The molecule has 0 unspecified atom stereocenters. The van der Waals surface area contributed by atoms with Gasteiger partial charge in [0.15, 0.2) is 5.16 Å². The van der Waals surface area contributed by atoms with Gasteiger partial charge in [0.05, 0.1) is 21.5 Å². The summed E-state index contributed by atoms with van der Waals surface area (Å²) in [7, 11) is 0. The number of thioether (sulfide) groups is 1. The molecule has 174 valence electrons. The van der Waals surface area contributed by atoms with Gasteiger partial charge in [0, 0.05) is 12.4 Å². The first kappa shape index (κ1) is 21.9. The van der Waals surface area contributed by atoms with Crippen LogP contribution in [0.4, 0.5) is 13.2 Å². The van der Waals surface area contributed by atoms with E-state index in [1.807, 2.05) is 24.3 Å². The van der Waals surface area contributed by atoms with Crippen LogP contribution in [0.15, 0.2) is 89.1 Å². The zero-order chi connectivity index (χ0) is 24.3. The number of halogens is 4. The van der Waals surface area contributed by atoms with Crippen LogP contribution >= 0.6 is 23.4 Å². The van der Waals surface area contributed by atoms with Crippen molar-refractivity contribution in [3.8, 4) is 16.8 Å². The van der Waals surface area contributed by atoms with Crippen molar-refractivity contribution in [3.05, 3.63) is 111 Å². The van der Waals surface area contributed by atoms with Gasteiger partial charge in [-0.25, -0.2) is 0 Å². The summed E-state index contributed by atoms with van der Waals surface area (Å²) in [6, 6.07) is 19.7. The third-order valence-corrected chi connectivity index (χ3v) is 7.61. The second-order valence-corrected chi connectivity index (χ2v) is 9.41. The van der Waals surface area contributed by atoms with Crippen molar-refractivity contribution >= 4 is 29.0 Å². The van der Waals surface area contributed by atoms with Crippen LogP contribution in [-0.4, -0.2) is 19.2 Å². The Morgan fingerprint density at radius 2 is 1.51 bits per heavy atom. The molecule has 2 aromatic heterocycles. The van der Waals surface area contributed by atoms with E-state index in [-0.39, 0.29) is 16.6 Å². The highest BCUT2D eigenvalue weighted by Gasteiger charge is 2.34. The first-order chi connectivity index (χ1) is 16.8. The fourth-order valence-electron chi connectivity index (χ4n) is 4.40. The Labute approximate surface area is 205 Å². The molecule has 1 aliphatic rings. The predicted octanol–water partition coefficient (Wildman–Crippen LogP) is 6.41. The lowest BCUT2D eigenvalue weighted by Crippen LogP contribution is -2.21. The van der Waals surface area contributed by atoms with Crippen LogP contribution in [-0.2, 0) is 6.18 Å². The van der Waals surface area contributed by atoms with E-state index in [1.165, 1.54) is 30.1 Å². The summed E-state index contributed by atoms with van der Waals surface area (Å²) < 4.78 is 42.5. The summed E-state index contributed by atoms with van der Waals surface area (Å²) in [5.74, 6) is 0. The summed E-state index contributed by atoms with van der Waals surface area (Å²) in [6.07, 6.45) is -1.71. The lowest BCUT2D eigenvalue weighted by Gasteiger charge is -2.14. The van der Waals surface area contributed by atoms with E-state index in [1.54, 1.807) is 10.6 Å². The summed E-state index contributed by atoms with van der Waals surface area (Å²) in [4.78, 5) is 13.2.